The normalized spacial score (nSPS) is 10.1. The number of benzene rings is 2. The third-order valence-electron chi connectivity index (χ3n) is 3.52. The molecule has 0 aliphatic rings. The lowest BCUT2D eigenvalue weighted by atomic mass is 10.1. The molecule has 1 amide bonds. The van der Waals surface area contributed by atoms with Crippen LogP contribution in [0.4, 0.5) is 0 Å². The van der Waals surface area contributed by atoms with Gasteiger partial charge in [-0.15, -0.1) is 0 Å². The third kappa shape index (κ3) is 3.50. The molecule has 0 atom stereocenters. The second-order valence-electron chi connectivity index (χ2n) is 5.12. The lowest BCUT2D eigenvalue weighted by molar-refractivity contribution is 0.0947. The summed E-state index contributed by atoms with van der Waals surface area (Å²) in [6.07, 6.45) is 1.72. The molecule has 0 unspecified atom stereocenters. The van der Waals surface area contributed by atoms with Gasteiger partial charge in [0, 0.05) is 17.1 Å². The molecule has 0 saturated heterocycles. The number of rotatable bonds is 5. The molecule has 0 aliphatic heterocycles. The van der Waals surface area contributed by atoms with Gasteiger partial charge in [-0.1, -0.05) is 18.2 Å². The Morgan fingerprint density at radius 3 is 2.71 bits per heavy atom. The van der Waals surface area contributed by atoms with Crippen molar-refractivity contribution in [2.24, 2.45) is 0 Å². The fourth-order valence-electron chi connectivity index (χ4n) is 2.32. The van der Waals surface area contributed by atoms with Crippen LogP contribution in [0.5, 0.6) is 5.75 Å². The van der Waals surface area contributed by atoms with Gasteiger partial charge in [-0.25, -0.2) is 0 Å². The average molecular weight is 317 g/mol. The van der Waals surface area contributed by atoms with E-state index < -0.39 is 0 Å². The Morgan fingerprint density at radius 2 is 1.92 bits per heavy atom. The lowest BCUT2D eigenvalue weighted by Gasteiger charge is -2.09. The fraction of sp³-hybridized carbons (Fsp3) is 0.105. The Balaban J connectivity index is 1.54. The van der Waals surface area contributed by atoms with Gasteiger partial charge in [-0.2, -0.15) is 5.26 Å². The third-order valence-corrected chi connectivity index (χ3v) is 3.52. The summed E-state index contributed by atoms with van der Waals surface area (Å²) in [6, 6.07) is 18.1. The number of hydrogen-bond acceptors (Lipinski definition) is 4. The Bertz CT molecular complexity index is 893. The molecule has 1 aromatic heterocycles. The monoisotopic (exact) mass is 317 g/mol. The zero-order valence-corrected chi connectivity index (χ0v) is 12.9. The Morgan fingerprint density at radius 1 is 1.12 bits per heavy atom. The number of aromatic nitrogens is 1. The lowest BCUT2D eigenvalue weighted by Crippen LogP contribution is -2.28. The Kier molecular flexibility index (Phi) is 4.68. The first-order chi connectivity index (χ1) is 11.8. The molecule has 118 valence electrons. The molecule has 2 aromatic carbocycles. The highest BCUT2D eigenvalue weighted by Crippen LogP contribution is 2.22. The molecule has 0 bridgehead atoms. The molecule has 24 heavy (non-hydrogen) atoms. The molecule has 0 spiro atoms. The summed E-state index contributed by atoms with van der Waals surface area (Å²) in [4.78, 5) is 16.3. The van der Waals surface area contributed by atoms with E-state index in [1.54, 1.807) is 30.5 Å². The molecular formula is C19H15N3O2. The van der Waals surface area contributed by atoms with Gasteiger partial charge in [0.05, 0.1) is 18.2 Å². The van der Waals surface area contributed by atoms with Crippen molar-refractivity contribution in [3.05, 3.63) is 71.9 Å². The number of hydrogen-bond donors (Lipinski definition) is 1. The zero-order chi connectivity index (χ0) is 16.8. The minimum Gasteiger partial charge on any atom is -0.489 e. The van der Waals surface area contributed by atoms with Gasteiger partial charge in [0.15, 0.2) is 0 Å². The number of nitriles is 1. The van der Waals surface area contributed by atoms with E-state index in [9.17, 15) is 4.79 Å². The van der Waals surface area contributed by atoms with Crippen LogP contribution in [-0.4, -0.2) is 24.0 Å². The number of para-hydroxylation sites is 1. The van der Waals surface area contributed by atoms with E-state index in [1.165, 1.54) is 0 Å². The highest BCUT2D eigenvalue weighted by molar-refractivity contribution is 5.94. The number of pyridine rings is 1. The quantitative estimate of drug-likeness (QED) is 0.734. The molecule has 3 rings (SSSR count). The standard InChI is InChI=1S/C19H15N3O2/c20-13-14-6-8-16(9-7-14)19(23)22-11-12-24-17-5-1-3-15-4-2-10-21-18(15)17/h1-10H,11-12H2,(H,22,23). The van der Waals surface area contributed by atoms with Crippen LogP contribution in [0.3, 0.4) is 0 Å². The largest absolute Gasteiger partial charge is 0.489 e. The Hall–Kier alpha value is -3.39. The van der Waals surface area contributed by atoms with Crippen LogP contribution in [0.2, 0.25) is 0 Å². The number of nitrogens with one attached hydrogen (secondary N) is 1. The van der Waals surface area contributed by atoms with E-state index in [-0.39, 0.29) is 5.91 Å². The minimum absolute atomic E-state index is 0.195. The summed E-state index contributed by atoms with van der Waals surface area (Å²) in [5.74, 6) is 0.500. The predicted octanol–water partition coefficient (Wildman–Crippen LogP) is 2.92. The minimum atomic E-state index is -0.195. The SMILES string of the molecule is N#Cc1ccc(C(=O)NCCOc2cccc3cccnc23)cc1. The van der Waals surface area contributed by atoms with E-state index in [0.717, 1.165) is 10.9 Å². The summed E-state index contributed by atoms with van der Waals surface area (Å²) in [5.41, 5.74) is 1.84. The summed E-state index contributed by atoms with van der Waals surface area (Å²) >= 11 is 0. The molecule has 0 fully saturated rings. The van der Waals surface area contributed by atoms with E-state index in [0.29, 0.717) is 30.0 Å². The second kappa shape index (κ2) is 7.25. The van der Waals surface area contributed by atoms with Gasteiger partial charge in [-0.05, 0) is 36.4 Å². The van der Waals surface area contributed by atoms with Crippen molar-refractivity contribution in [2.45, 2.75) is 0 Å². The molecule has 0 radical (unpaired) electrons. The van der Waals surface area contributed by atoms with Gasteiger partial charge >= 0.3 is 0 Å². The number of carbonyl (C=O) groups is 1. The molecule has 5 nitrogen and oxygen atoms in total. The van der Waals surface area contributed by atoms with Crippen molar-refractivity contribution in [2.75, 3.05) is 13.2 Å². The van der Waals surface area contributed by atoms with Crippen LogP contribution < -0.4 is 10.1 Å². The van der Waals surface area contributed by atoms with E-state index in [2.05, 4.69) is 10.3 Å². The first-order valence-electron chi connectivity index (χ1n) is 7.53. The first kappa shape index (κ1) is 15.5. The van der Waals surface area contributed by atoms with Crippen molar-refractivity contribution in [1.82, 2.24) is 10.3 Å². The van der Waals surface area contributed by atoms with Crippen molar-refractivity contribution in [1.29, 1.82) is 5.26 Å². The predicted molar refractivity (Wildman–Crippen MR) is 90.7 cm³/mol. The maximum absolute atomic E-state index is 12.0. The average Bonchev–Trinajstić information content (AvgIpc) is 2.65. The summed E-state index contributed by atoms with van der Waals surface area (Å²) < 4.78 is 5.72. The first-order valence-corrected chi connectivity index (χ1v) is 7.53. The fourth-order valence-corrected chi connectivity index (χ4v) is 2.32. The zero-order valence-electron chi connectivity index (χ0n) is 12.9. The molecule has 0 aliphatic carbocycles. The number of amides is 1. The van der Waals surface area contributed by atoms with Crippen LogP contribution in [0.1, 0.15) is 15.9 Å². The molecular weight excluding hydrogens is 302 g/mol. The van der Waals surface area contributed by atoms with Crippen LogP contribution in [-0.2, 0) is 0 Å². The number of carbonyl (C=O) groups excluding carboxylic acids is 1. The summed E-state index contributed by atoms with van der Waals surface area (Å²) in [6.45, 7) is 0.722. The van der Waals surface area contributed by atoms with Gasteiger partial charge in [0.2, 0.25) is 0 Å². The van der Waals surface area contributed by atoms with Gasteiger partial charge in [-0.3, -0.25) is 9.78 Å². The van der Waals surface area contributed by atoms with Gasteiger partial charge in [0.25, 0.3) is 5.91 Å². The van der Waals surface area contributed by atoms with Crippen LogP contribution >= 0.6 is 0 Å². The van der Waals surface area contributed by atoms with Crippen LogP contribution in [0.25, 0.3) is 10.9 Å². The molecule has 3 aromatic rings. The van der Waals surface area contributed by atoms with E-state index in [1.807, 2.05) is 36.4 Å². The topological polar surface area (TPSA) is 75.0 Å². The molecule has 1 heterocycles. The van der Waals surface area contributed by atoms with Crippen LogP contribution in [0.15, 0.2) is 60.8 Å². The summed E-state index contributed by atoms with van der Waals surface area (Å²) in [7, 11) is 0. The van der Waals surface area contributed by atoms with Gasteiger partial charge in [0.1, 0.15) is 17.9 Å². The Labute approximate surface area is 139 Å². The van der Waals surface area contributed by atoms with Gasteiger partial charge < -0.3 is 10.1 Å². The highest BCUT2D eigenvalue weighted by Gasteiger charge is 2.06. The van der Waals surface area contributed by atoms with Crippen molar-refractivity contribution in [3.8, 4) is 11.8 Å². The van der Waals surface area contributed by atoms with Crippen molar-refractivity contribution < 1.29 is 9.53 Å². The molecule has 1 N–H and O–H groups in total. The second-order valence-corrected chi connectivity index (χ2v) is 5.12. The number of ether oxygens (including phenoxy) is 1. The maximum Gasteiger partial charge on any atom is 0.251 e. The number of nitrogens with zero attached hydrogens (tertiary/aromatic N) is 2. The van der Waals surface area contributed by atoms with Crippen molar-refractivity contribution in [3.63, 3.8) is 0 Å². The number of fused-ring (bicyclic) bond motifs is 1. The molecule has 5 heteroatoms. The van der Waals surface area contributed by atoms with Crippen molar-refractivity contribution >= 4 is 16.8 Å². The smallest absolute Gasteiger partial charge is 0.251 e. The van der Waals surface area contributed by atoms with E-state index in [4.69, 9.17) is 10.00 Å². The van der Waals surface area contributed by atoms with E-state index >= 15 is 0 Å². The summed E-state index contributed by atoms with van der Waals surface area (Å²) in [5, 5.41) is 12.5. The van der Waals surface area contributed by atoms with Crippen LogP contribution in [0, 0.1) is 11.3 Å². The maximum atomic E-state index is 12.0. The highest BCUT2D eigenvalue weighted by atomic mass is 16.5. The molecule has 0 saturated carbocycles.